The molecule has 0 bridgehead atoms. The van der Waals surface area contributed by atoms with Crippen molar-refractivity contribution < 1.29 is 14.7 Å². The number of imide groups is 1. The molecule has 0 aromatic carbocycles. The van der Waals surface area contributed by atoms with Crippen molar-refractivity contribution in [2.45, 2.75) is 50.7 Å². The van der Waals surface area contributed by atoms with Crippen LogP contribution in [0.3, 0.4) is 0 Å². The lowest BCUT2D eigenvalue weighted by Gasteiger charge is -2.29. The first-order valence-electron chi connectivity index (χ1n) is 5.24. The molecule has 14 heavy (non-hydrogen) atoms. The summed E-state index contributed by atoms with van der Waals surface area (Å²) in [5.41, 5.74) is 0. The summed E-state index contributed by atoms with van der Waals surface area (Å²) < 4.78 is 0. The van der Waals surface area contributed by atoms with Crippen molar-refractivity contribution in [2.75, 3.05) is 0 Å². The predicted octanol–water partition coefficient (Wildman–Crippen LogP) is 0.439. The summed E-state index contributed by atoms with van der Waals surface area (Å²) in [5, 5.41) is 9.26. The normalized spacial score (nSPS) is 30.1. The molecule has 1 saturated carbocycles. The summed E-state index contributed by atoms with van der Waals surface area (Å²) in [6.07, 6.45) is 4.07. The van der Waals surface area contributed by atoms with Gasteiger partial charge in [0.05, 0.1) is 6.42 Å². The van der Waals surface area contributed by atoms with Gasteiger partial charge in [-0.2, -0.15) is 0 Å². The van der Waals surface area contributed by atoms with Crippen molar-refractivity contribution in [3.63, 3.8) is 0 Å². The van der Waals surface area contributed by atoms with Crippen LogP contribution in [0, 0.1) is 0 Å². The topological polar surface area (TPSA) is 57.6 Å². The van der Waals surface area contributed by atoms with Gasteiger partial charge in [0.1, 0.15) is 6.10 Å². The minimum absolute atomic E-state index is 0.0185. The number of hydrogen-bond acceptors (Lipinski definition) is 3. The molecule has 2 fully saturated rings. The van der Waals surface area contributed by atoms with Gasteiger partial charge in [-0.05, 0) is 12.8 Å². The molecular weight excluding hydrogens is 182 g/mol. The number of aliphatic hydroxyl groups excluding tert-OH is 1. The molecule has 2 rings (SSSR count). The minimum Gasteiger partial charge on any atom is -0.383 e. The van der Waals surface area contributed by atoms with Crippen LogP contribution >= 0.6 is 0 Å². The fourth-order valence-corrected chi connectivity index (χ4v) is 2.36. The van der Waals surface area contributed by atoms with Crippen LogP contribution in [0.15, 0.2) is 0 Å². The van der Waals surface area contributed by atoms with Gasteiger partial charge < -0.3 is 5.11 Å². The van der Waals surface area contributed by atoms with Gasteiger partial charge in [0.2, 0.25) is 5.91 Å². The molecule has 1 N–H and O–H groups in total. The molecule has 0 aromatic rings. The maximum absolute atomic E-state index is 11.5. The molecule has 78 valence electrons. The molecule has 0 spiro atoms. The van der Waals surface area contributed by atoms with E-state index in [-0.39, 0.29) is 24.3 Å². The van der Waals surface area contributed by atoms with Gasteiger partial charge >= 0.3 is 0 Å². The number of carbonyl (C=O) groups is 2. The zero-order valence-electron chi connectivity index (χ0n) is 8.11. The van der Waals surface area contributed by atoms with E-state index in [0.717, 1.165) is 25.7 Å². The van der Waals surface area contributed by atoms with E-state index >= 15 is 0 Å². The molecule has 1 heterocycles. The highest BCUT2D eigenvalue weighted by molar-refractivity contribution is 6.05. The highest BCUT2D eigenvalue weighted by Gasteiger charge is 2.41. The maximum Gasteiger partial charge on any atom is 0.258 e. The first-order valence-corrected chi connectivity index (χ1v) is 5.24. The van der Waals surface area contributed by atoms with E-state index in [1.54, 1.807) is 0 Å². The van der Waals surface area contributed by atoms with Crippen molar-refractivity contribution >= 4 is 11.8 Å². The Kier molecular flexibility index (Phi) is 2.54. The van der Waals surface area contributed by atoms with Gasteiger partial charge in [-0.15, -0.1) is 0 Å². The quantitative estimate of drug-likeness (QED) is 0.620. The van der Waals surface area contributed by atoms with Crippen molar-refractivity contribution in [3.8, 4) is 0 Å². The highest BCUT2D eigenvalue weighted by atomic mass is 16.3. The fraction of sp³-hybridized carbons (Fsp3) is 0.800. The summed E-state index contributed by atoms with van der Waals surface area (Å²) in [7, 11) is 0. The van der Waals surface area contributed by atoms with E-state index < -0.39 is 6.10 Å². The second-order valence-electron chi connectivity index (χ2n) is 4.11. The van der Waals surface area contributed by atoms with E-state index in [4.69, 9.17) is 0 Å². The van der Waals surface area contributed by atoms with Crippen LogP contribution in [0.5, 0.6) is 0 Å². The first kappa shape index (κ1) is 9.65. The van der Waals surface area contributed by atoms with E-state index in [9.17, 15) is 14.7 Å². The fourth-order valence-electron chi connectivity index (χ4n) is 2.36. The molecular formula is C10H15NO3. The lowest BCUT2D eigenvalue weighted by atomic mass is 9.94. The number of hydrogen-bond donors (Lipinski definition) is 1. The molecule has 1 aliphatic heterocycles. The van der Waals surface area contributed by atoms with Crippen molar-refractivity contribution in [3.05, 3.63) is 0 Å². The lowest BCUT2D eigenvalue weighted by molar-refractivity contribution is -0.144. The Morgan fingerprint density at radius 3 is 2.29 bits per heavy atom. The Morgan fingerprint density at radius 2 is 1.79 bits per heavy atom. The van der Waals surface area contributed by atoms with Crippen LogP contribution < -0.4 is 0 Å². The summed E-state index contributed by atoms with van der Waals surface area (Å²) >= 11 is 0. The van der Waals surface area contributed by atoms with E-state index in [2.05, 4.69) is 0 Å². The van der Waals surface area contributed by atoms with Gasteiger partial charge in [-0.25, -0.2) is 0 Å². The number of aliphatic hydroxyl groups is 1. The molecule has 1 saturated heterocycles. The number of rotatable bonds is 1. The standard InChI is InChI=1S/C10H15NO3/c12-8-6-9(13)11(10(8)14)7-4-2-1-3-5-7/h7-8,12H,1-6H2. The minimum atomic E-state index is -1.08. The number of likely N-dealkylation sites (tertiary alicyclic amines) is 1. The van der Waals surface area contributed by atoms with Crippen LogP contribution in [-0.4, -0.2) is 34.0 Å². The first-order chi connectivity index (χ1) is 6.70. The molecule has 0 radical (unpaired) electrons. The Balaban J connectivity index is 2.08. The predicted molar refractivity (Wildman–Crippen MR) is 49.3 cm³/mol. The summed E-state index contributed by atoms with van der Waals surface area (Å²) in [5.74, 6) is -0.587. The van der Waals surface area contributed by atoms with Crippen LogP contribution in [0.25, 0.3) is 0 Å². The Bertz CT molecular complexity index is 258. The Hall–Kier alpha value is -0.900. The van der Waals surface area contributed by atoms with Crippen LogP contribution in [0.4, 0.5) is 0 Å². The second-order valence-corrected chi connectivity index (χ2v) is 4.11. The van der Waals surface area contributed by atoms with Gasteiger partial charge in [0, 0.05) is 6.04 Å². The van der Waals surface area contributed by atoms with Crippen LogP contribution in [0.1, 0.15) is 38.5 Å². The number of amides is 2. The molecule has 4 nitrogen and oxygen atoms in total. The number of carbonyl (C=O) groups excluding carboxylic acids is 2. The second kappa shape index (κ2) is 3.69. The third kappa shape index (κ3) is 1.54. The van der Waals surface area contributed by atoms with Crippen molar-refractivity contribution in [2.24, 2.45) is 0 Å². The summed E-state index contributed by atoms with van der Waals surface area (Å²) in [6.45, 7) is 0. The Labute approximate surface area is 82.9 Å². The largest absolute Gasteiger partial charge is 0.383 e. The highest BCUT2D eigenvalue weighted by Crippen LogP contribution is 2.26. The van der Waals surface area contributed by atoms with Gasteiger partial charge in [0.25, 0.3) is 5.91 Å². The summed E-state index contributed by atoms with van der Waals surface area (Å²) in [6, 6.07) is 0.0564. The van der Waals surface area contributed by atoms with E-state index in [1.165, 1.54) is 11.3 Å². The van der Waals surface area contributed by atoms with Gasteiger partial charge in [0.15, 0.2) is 0 Å². The molecule has 0 aromatic heterocycles. The maximum atomic E-state index is 11.5. The molecule has 2 amide bonds. The molecule has 4 heteroatoms. The third-order valence-electron chi connectivity index (χ3n) is 3.10. The van der Waals surface area contributed by atoms with Gasteiger partial charge in [-0.3, -0.25) is 14.5 Å². The SMILES string of the molecule is O=C1CC(O)C(=O)N1C1CCCCC1. The molecule has 1 atom stereocenters. The molecule has 1 aliphatic carbocycles. The Morgan fingerprint density at radius 1 is 1.14 bits per heavy atom. The zero-order valence-corrected chi connectivity index (χ0v) is 8.11. The monoisotopic (exact) mass is 197 g/mol. The van der Waals surface area contributed by atoms with Gasteiger partial charge in [-0.1, -0.05) is 19.3 Å². The lowest BCUT2D eigenvalue weighted by Crippen LogP contribution is -2.42. The van der Waals surface area contributed by atoms with Crippen LogP contribution in [0.2, 0.25) is 0 Å². The summed E-state index contributed by atoms with van der Waals surface area (Å²) in [4.78, 5) is 24.2. The van der Waals surface area contributed by atoms with Crippen LogP contribution in [-0.2, 0) is 9.59 Å². The average Bonchev–Trinajstić information content (AvgIpc) is 2.43. The van der Waals surface area contributed by atoms with Crippen molar-refractivity contribution in [1.29, 1.82) is 0 Å². The average molecular weight is 197 g/mol. The molecule has 2 aliphatic rings. The zero-order chi connectivity index (χ0) is 10.1. The van der Waals surface area contributed by atoms with E-state index in [0.29, 0.717) is 0 Å². The smallest absolute Gasteiger partial charge is 0.258 e. The van der Waals surface area contributed by atoms with E-state index in [1.807, 2.05) is 0 Å². The third-order valence-corrected chi connectivity index (χ3v) is 3.10. The molecule has 1 unspecified atom stereocenters. The van der Waals surface area contributed by atoms with Crippen molar-refractivity contribution in [1.82, 2.24) is 4.90 Å². The number of nitrogens with zero attached hydrogens (tertiary/aromatic N) is 1.